The molecule has 0 bridgehead atoms. The van der Waals surface area contributed by atoms with Crippen molar-refractivity contribution in [2.75, 3.05) is 6.54 Å². The third kappa shape index (κ3) is 5.44. The van der Waals surface area contributed by atoms with E-state index in [1.807, 2.05) is 0 Å². The molecule has 0 radical (unpaired) electrons. The molecular weight excluding hydrogens is 465 g/mol. The van der Waals surface area contributed by atoms with E-state index in [9.17, 15) is 26.7 Å². The van der Waals surface area contributed by atoms with E-state index in [-0.39, 0.29) is 23.8 Å². The van der Waals surface area contributed by atoms with Gasteiger partial charge in [0, 0.05) is 12.6 Å². The Bertz CT molecular complexity index is 1160. The van der Waals surface area contributed by atoms with E-state index in [1.54, 1.807) is 30.3 Å². The Kier molecular flexibility index (Phi) is 7.05. The molecule has 4 rings (SSSR count). The van der Waals surface area contributed by atoms with Crippen LogP contribution in [0.25, 0.3) is 0 Å². The number of rotatable bonds is 6. The molecule has 2 amide bonds. The molecule has 1 saturated carbocycles. The average Bonchev–Trinajstić information content (AvgIpc) is 3.33. The van der Waals surface area contributed by atoms with Crippen molar-refractivity contribution in [2.45, 2.75) is 43.3 Å². The average molecular weight is 489 g/mol. The van der Waals surface area contributed by atoms with E-state index >= 15 is 0 Å². The number of nitrogens with one attached hydrogen (secondary N) is 2. The third-order valence-corrected chi connectivity index (χ3v) is 6.35. The normalized spacial score (nSPS) is 16.0. The van der Waals surface area contributed by atoms with Crippen LogP contribution in [0, 0.1) is 11.6 Å². The molecule has 9 heteroatoms. The highest BCUT2D eigenvalue weighted by molar-refractivity contribution is 5.74. The maximum atomic E-state index is 14.6. The van der Waals surface area contributed by atoms with Gasteiger partial charge in [0.15, 0.2) is 0 Å². The second-order valence-corrected chi connectivity index (χ2v) is 8.67. The molecule has 3 aromatic rings. The molecule has 0 saturated heterocycles. The summed E-state index contributed by atoms with van der Waals surface area (Å²) in [5.41, 5.74) is -2.17. The number of pyridine rings is 1. The lowest BCUT2D eigenvalue weighted by atomic mass is 9.71. The van der Waals surface area contributed by atoms with Crippen molar-refractivity contribution in [2.24, 2.45) is 0 Å². The van der Waals surface area contributed by atoms with Gasteiger partial charge in [-0.15, -0.1) is 0 Å². The summed E-state index contributed by atoms with van der Waals surface area (Å²) in [5.74, 6) is -1.73. The van der Waals surface area contributed by atoms with Crippen molar-refractivity contribution >= 4 is 6.03 Å². The molecule has 4 nitrogen and oxygen atoms in total. The van der Waals surface area contributed by atoms with Crippen LogP contribution in [0.5, 0.6) is 0 Å². The molecule has 1 fully saturated rings. The van der Waals surface area contributed by atoms with Crippen LogP contribution >= 0.6 is 0 Å². The number of hydrogen-bond acceptors (Lipinski definition) is 2. The molecule has 1 aliphatic carbocycles. The first-order chi connectivity index (χ1) is 16.7. The number of carbonyl (C=O) groups is 1. The van der Waals surface area contributed by atoms with Crippen LogP contribution in [0.15, 0.2) is 66.9 Å². The van der Waals surface area contributed by atoms with Gasteiger partial charge in [0.25, 0.3) is 0 Å². The standard InChI is InChI=1S/C26H24F5N3O/c27-20-10-11-23(32-15-20)25(17-6-2-1-3-7-17,16-33-24(35)34-22-8-4-5-9-22)18-12-19(26(29,30)31)14-21(28)13-18/h1-3,6-7,10-15,22H,4-5,8-9,16H2,(H2,33,34,35). The zero-order valence-electron chi connectivity index (χ0n) is 18.7. The van der Waals surface area contributed by atoms with Gasteiger partial charge in [-0.2, -0.15) is 13.2 Å². The SMILES string of the molecule is O=C(NCC(c1ccccc1)(c1cc(F)cc(C(F)(F)F)c1)c1ccc(F)cn1)NC1CCCC1. The van der Waals surface area contributed by atoms with E-state index in [2.05, 4.69) is 15.6 Å². The number of hydrogen-bond donors (Lipinski definition) is 2. The highest BCUT2D eigenvalue weighted by atomic mass is 19.4. The van der Waals surface area contributed by atoms with Crippen molar-refractivity contribution in [1.82, 2.24) is 15.6 Å². The van der Waals surface area contributed by atoms with Crippen LogP contribution in [0.4, 0.5) is 26.7 Å². The molecule has 35 heavy (non-hydrogen) atoms. The molecule has 2 N–H and O–H groups in total. The van der Waals surface area contributed by atoms with Crippen molar-refractivity contribution in [3.63, 3.8) is 0 Å². The van der Waals surface area contributed by atoms with Gasteiger partial charge in [-0.3, -0.25) is 4.98 Å². The maximum absolute atomic E-state index is 14.6. The summed E-state index contributed by atoms with van der Waals surface area (Å²) in [6.45, 7) is -0.241. The van der Waals surface area contributed by atoms with Gasteiger partial charge in [-0.25, -0.2) is 13.6 Å². The number of aromatic nitrogens is 1. The second-order valence-electron chi connectivity index (χ2n) is 8.67. The number of benzene rings is 2. The number of nitrogens with zero attached hydrogens (tertiary/aromatic N) is 1. The van der Waals surface area contributed by atoms with E-state index < -0.39 is 34.8 Å². The van der Waals surface area contributed by atoms with Crippen LogP contribution < -0.4 is 10.6 Å². The Balaban J connectivity index is 1.86. The number of carbonyl (C=O) groups excluding carboxylic acids is 1. The van der Waals surface area contributed by atoms with Gasteiger partial charge in [0.05, 0.1) is 22.9 Å². The third-order valence-electron chi connectivity index (χ3n) is 6.35. The monoisotopic (exact) mass is 489 g/mol. The van der Waals surface area contributed by atoms with E-state index in [0.29, 0.717) is 11.6 Å². The predicted octanol–water partition coefficient (Wildman–Crippen LogP) is 5.95. The van der Waals surface area contributed by atoms with Gasteiger partial charge >= 0.3 is 12.2 Å². The van der Waals surface area contributed by atoms with Crippen LogP contribution in [-0.2, 0) is 11.6 Å². The molecule has 1 aromatic heterocycles. The summed E-state index contributed by atoms with van der Waals surface area (Å²) in [6.07, 6.45) is -0.173. The summed E-state index contributed by atoms with van der Waals surface area (Å²) in [7, 11) is 0. The quantitative estimate of drug-likeness (QED) is 0.420. The molecule has 184 valence electrons. The molecule has 2 aromatic carbocycles. The van der Waals surface area contributed by atoms with Crippen molar-refractivity contribution in [3.05, 3.63) is 101 Å². The second kappa shape index (κ2) is 10.0. The summed E-state index contributed by atoms with van der Waals surface area (Å²) in [4.78, 5) is 16.9. The fourth-order valence-electron chi connectivity index (χ4n) is 4.63. The minimum Gasteiger partial charge on any atom is -0.337 e. The van der Waals surface area contributed by atoms with Gasteiger partial charge < -0.3 is 10.6 Å². The zero-order valence-corrected chi connectivity index (χ0v) is 18.7. The largest absolute Gasteiger partial charge is 0.416 e. The molecule has 0 spiro atoms. The van der Waals surface area contributed by atoms with Crippen molar-refractivity contribution in [1.29, 1.82) is 0 Å². The number of amides is 2. The minimum absolute atomic E-state index is 0.0103. The maximum Gasteiger partial charge on any atom is 0.416 e. The first-order valence-corrected chi connectivity index (χ1v) is 11.3. The van der Waals surface area contributed by atoms with Crippen molar-refractivity contribution in [3.8, 4) is 0 Å². The van der Waals surface area contributed by atoms with Crippen LogP contribution in [0.2, 0.25) is 0 Å². The van der Waals surface area contributed by atoms with Crippen LogP contribution in [0.1, 0.15) is 48.1 Å². The van der Waals surface area contributed by atoms with Crippen LogP contribution in [0.3, 0.4) is 0 Å². The van der Waals surface area contributed by atoms with Gasteiger partial charge in [-0.05, 0) is 54.3 Å². The first kappa shape index (κ1) is 24.6. The lowest BCUT2D eigenvalue weighted by Gasteiger charge is -2.35. The Morgan fingerprint density at radius 3 is 2.20 bits per heavy atom. The minimum atomic E-state index is -4.80. The van der Waals surface area contributed by atoms with Crippen LogP contribution in [-0.4, -0.2) is 23.6 Å². The van der Waals surface area contributed by atoms with Crippen molar-refractivity contribution < 1.29 is 26.7 Å². The topological polar surface area (TPSA) is 54.0 Å². The molecule has 0 aliphatic heterocycles. The van der Waals surface area contributed by atoms with Gasteiger partial charge in [-0.1, -0.05) is 43.2 Å². The predicted molar refractivity (Wildman–Crippen MR) is 121 cm³/mol. The zero-order chi connectivity index (χ0) is 25.1. The number of urea groups is 1. The van der Waals surface area contributed by atoms with Gasteiger partial charge in [0.1, 0.15) is 11.6 Å². The molecule has 1 heterocycles. The van der Waals surface area contributed by atoms with E-state index in [0.717, 1.165) is 50.1 Å². The Morgan fingerprint density at radius 2 is 1.57 bits per heavy atom. The number of alkyl halides is 3. The smallest absolute Gasteiger partial charge is 0.337 e. The summed E-state index contributed by atoms with van der Waals surface area (Å²) in [5, 5.41) is 5.63. The Morgan fingerprint density at radius 1 is 0.886 bits per heavy atom. The highest BCUT2D eigenvalue weighted by Crippen LogP contribution is 2.41. The Labute approximate surface area is 199 Å². The summed E-state index contributed by atoms with van der Waals surface area (Å²) in [6, 6.07) is 12.6. The lowest BCUT2D eigenvalue weighted by Crippen LogP contribution is -2.48. The fraction of sp³-hybridized carbons (Fsp3) is 0.308. The highest BCUT2D eigenvalue weighted by Gasteiger charge is 2.41. The molecular formula is C26H24F5N3O. The van der Waals surface area contributed by atoms with E-state index in [1.165, 1.54) is 6.07 Å². The first-order valence-electron chi connectivity index (χ1n) is 11.3. The fourth-order valence-corrected chi connectivity index (χ4v) is 4.63. The molecule has 1 atom stereocenters. The lowest BCUT2D eigenvalue weighted by molar-refractivity contribution is -0.137. The summed E-state index contributed by atoms with van der Waals surface area (Å²) >= 11 is 0. The molecule has 1 aliphatic rings. The molecule has 1 unspecified atom stereocenters. The summed E-state index contributed by atoms with van der Waals surface area (Å²) < 4.78 is 69.2. The van der Waals surface area contributed by atoms with Gasteiger partial charge in [0.2, 0.25) is 0 Å². The number of halogens is 5. The Hall–Kier alpha value is -3.49. The van der Waals surface area contributed by atoms with E-state index in [4.69, 9.17) is 0 Å².